The molecule has 0 bridgehead atoms. The van der Waals surface area contributed by atoms with Crippen molar-refractivity contribution in [2.75, 3.05) is 13.1 Å². The van der Waals surface area contributed by atoms with Crippen LogP contribution in [-0.4, -0.2) is 13.1 Å². The molecule has 1 heteroatoms. The number of hydrogen-bond donors (Lipinski definition) is 1. The van der Waals surface area contributed by atoms with Gasteiger partial charge in [-0.25, -0.2) is 0 Å². The van der Waals surface area contributed by atoms with Crippen molar-refractivity contribution >= 4 is 0 Å². The van der Waals surface area contributed by atoms with Crippen molar-refractivity contribution in [3.63, 3.8) is 0 Å². The Hall–Kier alpha value is -0.820. The molecule has 1 aromatic rings. The Balaban J connectivity index is 2.25. The minimum absolute atomic E-state index is 0.752. The smallest absolute Gasteiger partial charge is 0.00258 e. The summed E-state index contributed by atoms with van der Waals surface area (Å²) in [7, 11) is 0. The zero-order valence-electron chi connectivity index (χ0n) is 11.8. The second-order valence-corrected chi connectivity index (χ2v) is 5.62. The van der Waals surface area contributed by atoms with Crippen LogP contribution in [0.15, 0.2) is 24.3 Å². The standard InChI is InChI=1S/C16H27N/c1-13(2)12-17-10-9-14(3)11-16-8-6-5-7-15(16)4/h5-8,13-14,17H,9-12H2,1-4H3. The third-order valence-electron chi connectivity index (χ3n) is 3.20. The van der Waals surface area contributed by atoms with Crippen molar-refractivity contribution in [3.8, 4) is 0 Å². The lowest BCUT2D eigenvalue weighted by Gasteiger charge is -2.14. The van der Waals surface area contributed by atoms with Crippen LogP contribution in [-0.2, 0) is 6.42 Å². The van der Waals surface area contributed by atoms with Gasteiger partial charge in [-0.1, -0.05) is 45.0 Å². The maximum atomic E-state index is 3.52. The molecule has 1 N–H and O–H groups in total. The molecule has 0 saturated heterocycles. The first-order valence-electron chi connectivity index (χ1n) is 6.84. The van der Waals surface area contributed by atoms with Crippen molar-refractivity contribution < 1.29 is 0 Å². The molecule has 1 nitrogen and oxygen atoms in total. The molecule has 96 valence electrons. The number of aryl methyl sites for hydroxylation is 1. The van der Waals surface area contributed by atoms with Gasteiger partial charge in [0.1, 0.15) is 0 Å². The quantitative estimate of drug-likeness (QED) is 0.706. The number of nitrogens with one attached hydrogen (secondary N) is 1. The zero-order chi connectivity index (χ0) is 12.7. The van der Waals surface area contributed by atoms with Crippen LogP contribution in [0.4, 0.5) is 0 Å². The van der Waals surface area contributed by atoms with Crippen molar-refractivity contribution in [2.45, 2.75) is 40.5 Å². The molecule has 0 aliphatic rings. The van der Waals surface area contributed by atoms with Gasteiger partial charge in [-0.15, -0.1) is 0 Å². The molecule has 0 aliphatic carbocycles. The monoisotopic (exact) mass is 233 g/mol. The fourth-order valence-corrected chi connectivity index (χ4v) is 2.06. The minimum atomic E-state index is 0.752. The van der Waals surface area contributed by atoms with E-state index in [-0.39, 0.29) is 0 Å². The Labute approximate surface area is 107 Å². The SMILES string of the molecule is Cc1ccccc1CC(C)CCNCC(C)C. The van der Waals surface area contributed by atoms with Gasteiger partial charge in [-0.3, -0.25) is 0 Å². The average Bonchev–Trinajstić information content (AvgIpc) is 2.27. The van der Waals surface area contributed by atoms with E-state index in [1.165, 1.54) is 24.0 Å². The van der Waals surface area contributed by atoms with E-state index in [1.807, 2.05) is 0 Å². The van der Waals surface area contributed by atoms with Crippen LogP contribution in [0, 0.1) is 18.8 Å². The molecular weight excluding hydrogens is 206 g/mol. The van der Waals surface area contributed by atoms with Crippen LogP contribution in [0.2, 0.25) is 0 Å². The van der Waals surface area contributed by atoms with E-state index in [0.717, 1.165) is 24.9 Å². The fourth-order valence-electron chi connectivity index (χ4n) is 2.06. The van der Waals surface area contributed by atoms with E-state index in [9.17, 15) is 0 Å². The highest BCUT2D eigenvalue weighted by atomic mass is 14.8. The normalized spacial score (nSPS) is 13.0. The van der Waals surface area contributed by atoms with E-state index in [4.69, 9.17) is 0 Å². The lowest BCUT2D eigenvalue weighted by Crippen LogP contribution is -2.22. The molecule has 0 aliphatic heterocycles. The molecule has 0 amide bonds. The summed E-state index contributed by atoms with van der Waals surface area (Å²) in [6.45, 7) is 11.3. The first-order valence-corrected chi connectivity index (χ1v) is 6.84. The van der Waals surface area contributed by atoms with Gasteiger partial charge >= 0.3 is 0 Å². The molecule has 0 fully saturated rings. The average molecular weight is 233 g/mol. The third-order valence-corrected chi connectivity index (χ3v) is 3.20. The van der Waals surface area contributed by atoms with Crippen LogP contribution in [0.1, 0.15) is 38.3 Å². The van der Waals surface area contributed by atoms with Gasteiger partial charge in [0.15, 0.2) is 0 Å². The van der Waals surface area contributed by atoms with Crippen molar-refractivity contribution in [1.29, 1.82) is 0 Å². The maximum absolute atomic E-state index is 3.52. The molecule has 0 heterocycles. The molecule has 1 aromatic carbocycles. The van der Waals surface area contributed by atoms with E-state index >= 15 is 0 Å². The van der Waals surface area contributed by atoms with E-state index < -0.39 is 0 Å². The third kappa shape index (κ3) is 5.88. The Morgan fingerprint density at radius 1 is 1.12 bits per heavy atom. The summed E-state index contributed by atoms with van der Waals surface area (Å²) in [5.74, 6) is 1.51. The number of benzene rings is 1. The predicted molar refractivity (Wildman–Crippen MR) is 76.4 cm³/mol. The van der Waals surface area contributed by atoms with Gasteiger partial charge < -0.3 is 5.32 Å². The maximum Gasteiger partial charge on any atom is -0.00258 e. The van der Waals surface area contributed by atoms with E-state index in [1.54, 1.807) is 0 Å². The van der Waals surface area contributed by atoms with Gasteiger partial charge in [0, 0.05) is 0 Å². The van der Waals surface area contributed by atoms with Gasteiger partial charge in [0.05, 0.1) is 0 Å². The molecule has 1 rings (SSSR count). The van der Waals surface area contributed by atoms with Crippen LogP contribution < -0.4 is 5.32 Å². The summed E-state index contributed by atoms with van der Waals surface area (Å²) < 4.78 is 0. The van der Waals surface area contributed by atoms with Crippen molar-refractivity contribution in [2.24, 2.45) is 11.8 Å². The van der Waals surface area contributed by atoms with Gasteiger partial charge in [-0.2, -0.15) is 0 Å². The molecule has 0 spiro atoms. The van der Waals surface area contributed by atoms with E-state index in [2.05, 4.69) is 57.3 Å². The van der Waals surface area contributed by atoms with Gasteiger partial charge in [0.2, 0.25) is 0 Å². The van der Waals surface area contributed by atoms with Crippen molar-refractivity contribution in [3.05, 3.63) is 35.4 Å². The lowest BCUT2D eigenvalue weighted by molar-refractivity contribution is 0.474. The molecule has 17 heavy (non-hydrogen) atoms. The molecule has 0 radical (unpaired) electrons. The van der Waals surface area contributed by atoms with Crippen molar-refractivity contribution in [1.82, 2.24) is 5.32 Å². The van der Waals surface area contributed by atoms with Crippen LogP contribution >= 0.6 is 0 Å². The Morgan fingerprint density at radius 3 is 2.47 bits per heavy atom. The molecule has 1 unspecified atom stereocenters. The molecule has 0 aromatic heterocycles. The largest absolute Gasteiger partial charge is 0.316 e. The van der Waals surface area contributed by atoms with Crippen LogP contribution in [0.3, 0.4) is 0 Å². The summed E-state index contributed by atoms with van der Waals surface area (Å²) in [6, 6.07) is 8.73. The summed E-state index contributed by atoms with van der Waals surface area (Å²) in [5, 5.41) is 3.52. The molecule has 0 saturated carbocycles. The van der Waals surface area contributed by atoms with Gasteiger partial charge in [-0.05, 0) is 55.8 Å². The van der Waals surface area contributed by atoms with Gasteiger partial charge in [0.25, 0.3) is 0 Å². The van der Waals surface area contributed by atoms with Crippen LogP contribution in [0.5, 0.6) is 0 Å². The highest BCUT2D eigenvalue weighted by Gasteiger charge is 2.05. The number of hydrogen-bond acceptors (Lipinski definition) is 1. The molecular formula is C16H27N. The Kier molecular flexibility index (Phi) is 6.28. The number of rotatable bonds is 7. The summed E-state index contributed by atoms with van der Waals surface area (Å²) in [5.41, 5.74) is 2.93. The molecule has 1 atom stereocenters. The fraction of sp³-hybridized carbons (Fsp3) is 0.625. The first kappa shape index (κ1) is 14.2. The highest BCUT2D eigenvalue weighted by Crippen LogP contribution is 2.14. The Bertz CT molecular complexity index is 317. The Morgan fingerprint density at radius 2 is 1.82 bits per heavy atom. The summed E-state index contributed by atoms with van der Waals surface area (Å²) in [6.07, 6.45) is 2.47. The highest BCUT2D eigenvalue weighted by molar-refractivity contribution is 5.25. The first-order chi connectivity index (χ1) is 8.09. The lowest BCUT2D eigenvalue weighted by atomic mass is 9.95. The second kappa shape index (κ2) is 7.50. The van der Waals surface area contributed by atoms with E-state index in [0.29, 0.717) is 0 Å². The van der Waals surface area contributed by atoms with Crippen LogP contribution in [0.25, 0.3) is 0 Å². The second-order valence-electron chi connectivity index (χ2n) is 5.62. The zero-order valence-corrected chi connectivity index (χ0v) is 11.8. The summed E-state index contributed by atoms with van der Waals surface area (Å²) in [4.78, 5) is 0. The predicted octanol–water partition coefficient (Wildman–Crippen LogP) is 3.81. The minimum Gasteiger partial charge on any atom is -0.316 e. The topological polar surface area (TPSA) is 12.0 Å². The summed E-state index contributed by atoms with van der Waals surface area (Å²) >= 11 is 0.